The lowest BCUT2D eigenvalue weighted by Gasteiger charge is -2.28. The van der Waals surface area contributed by atoms with Crippen molar-refractivity contribution in [1.82, 2.24) is 4.31 Å². The van der Waals surface area contributed by atoms with Crippen molar-refractivity contribution in [3.05, 3.63) is 35.4 Å². The van der Waals surface area contributed by atoms with Crippen LogP contribution >= 0.6 is 11.6 Å². The molecule has 6 heteroatoms. The summed E-state index contributed by atoms with van der Waals surface area (Å²) in [5.41, 5.74) is 2.31. The Morgan fingerprint density at radius 3 is 2.60 bits per heavy atom. The molecule has 0 bridgehead atoms. The number of rotatable bonds is 6. The average Bonchev–Trinajstić information content (AvgIpc) is 2.43. The van der Waals surface area contributed by atoms with Gasteiger partial charge in [0.2, 0.25) is 15.3 Å². The van der Waals surface area contributed by atoms with Crippen LogP contribution in [-0.2, 0) is 27.8 Å². The number of hydrogen-bond donors (Lipinski definition) is 0. The quantitative estimate of drug-likeness (QED) is 0.598. The number of sulfonamides is 1. The SMILES string of the molecule is O=C(Cl)CCCCS(=O)(=O)N1CCc2ccccc2C1. The van der Waals surface area contributed by atoms with Crippen LogP contribution in [0.15, 0.2) is 24.3 Å². The van der Waals surface area contributed by atoms with Crippen LogP contribution in [-0.4, -0.2) is 30.3 Å². The molecular weight excluding hydrogens is 298 g/mol. The van der Waals surface area contributed by atoms with Crippen LogP contribution in [0.4, 0.5) is 0 Å². The summed E-state index contributed by atoms with van der Waals surface area (Å²) in [5, 5.41) is -0.408. The minimum absolute atomic E-state index is 0.0827. The van der Waals surface area contributed by atoms with Gasteiger partial charge in [-0.2, -0.15) is 4.31 Å². The molecule has 0 fully saturated rings. The van der Waals surface area contributed by atoms with Gasteiger partial charge in [0.25, 0.3) is 0 Å². The number of benzene rings is 1. The number of nitrogens with zero attached hydrogens (tertiary/aromatic N) is 1. The van der Waals surface area contributed by atoms with Crippen molar-refractivity contribution in [2.45, 2.75) is 32.2 Å². The first-order valence-corrected chi connectivity index (χ1v) is 8.71. The molecular formula is C14H18ClNO3S. The highest BCUT2D eigenvalue weighted by Crippen LogP contribution is 2.21. The molecule has 0 aliphatic carbocycles. The third-order valence-electron chi connectivity index (χ3n) is 3.51. The number of unbranched alkanes of at least 4 members (excludes halogenated alkanes) is 1. The van der Waals surface area contributed by atoms with Crippen molar-refractivity contribution in [2.24, 2.45) is 0 Å². The summed E-state index contributed by atoms with van der Waals surface area (Å²) in [6.07, 6.45) is 1.99. The molecule has 0 atom stereocenters. The molecule has 1 aliphatic heterocycles. The van der Waals surface area contributed by atoms with E-state index in [-0.39, 0.29) is 12.2 Å². The van der Waals surface area contributed by atoms with Gasteiger partial charge in [0.15, 0.2) is 0 Å². The normalized spacial score (nSPS) is 15.8. The van der Waals surface area contributed by atoms with Crippen molar-refractivity contribution in [3.8, 4) is 0 Å². The molecule has 0 radical (unpaired) electrons. The van der Waals surface area contributed by atoms with E-state index in [2.05, 4.69) is 0 Å². The predicted molar refractivity (Wildman–Crippen MR) is 79.1 cm³/mol. The summed E-state index contributed by atoms with van der Waals surface area (Å²) in [5.74, 6) is 0.0827. The van der Waals surface area contributed by atoms with Crippen molar-refractivity contribution in [2.75, 3.05) is 12.3 Å². The van der Waals surface area contributed by atoms with Gasteiger partial charge in [-0.05, 0) is 42.0 Å². The Morgan fingerprint density at radius 2 is 1.90 bits per heavy atom. The van der Waals surface area contributed by atoms with Crippen LogP contribution < -0.4 is 0 Å². The summed E-state index contributed by atoms with van der Waals surface area (Å²) in [6.45, 7) is 0.987. The van der Waals surface area contributed by atoms with Gasteiger partial charge in [0, 0.05) is 19.5 Å². The lowest BCUT2D eigenvalue weighted by atomic mass is 10.0. The van der Waals surface area contributed by atoms with Gasteiger partial charge in [0.05, 0.1) is 5.75 Å². The molecule has 0 amide bonds. The second-order valence-corrected chi connectivity index (χ2v) is 7.49. The molecule has 1 aliphatic rings. The Kier molecular flexibility index (Phi) is 5.18. The van der Waals surface area contributed by atoms with Crippen molar-refractivity contribution in [1.29, 1.82) is 0 Å². The maximum Gasteiger partial charge on any atom is 0.221 e. The molecule has 4 nitrogen and oxygen atoms in total. The second kappa shape index (κ2) is 6.70. The number of fused-ring (bicyclic) bond motifs is 1. The lowest BCUT2D eigenvalue weighted by molar-refractivity contribution is -0.111. The summed E-state index contributed by atoms with van der Waals surface area (Å²) in [6, 6.07) is 7.93. The molecule has 20 heavy (non-hydrogen) atoms. The van der Waals surface area contributed by atoms with E-state index in [1.807, 2.05) is 24.3 Å². The predicted octanol–water partition coefficient (Wildman–Crippen LogP) is 2.31. The summed E-state index contributed by atoms with van der Waals surface area (Å²) in [7, 11) is -3.25. The minimum Gasteiger partial charge on any atom is -0.281 e. The van der Waals surface area contributed by atoms with Gasteiger partial charge in [-0.15, -0.1) is 0 Å². The Labute approximate surface area is 124 Å². The topological polar surface area (TPSA) is 54.5 Å². The summed E-state index contributed by atoms with van der Waals surface area (Å²) < 4.78 is 26.0. The summed E-state index contributed by atoms with van der Waals surface area (Å²) >= 11 is 5.23. The number of hydrogen-bond acceptors (Lipinski definition) is 3. The van der Waals surface area contributed by atoms with Crippen LogP contribution in [0.2, 0.25) is 0 Å². The van der Waals surface area contributed by atoms with Gasteiger partial charge < -0.3 is 0 Å². The van der Waals surface area contributed by atoms with E-state index in [1.54, 1.807) is 0 Å². The molecule has 2 rings (SSSR count). The molecule has 0 N–H and O–H groups in total. The first-order chi connectivity index (χ1) is 9.49. The van der Waals surface area contributed by atoms with Crippen LogP contribution in [0, 0.1) is 0 Å². The van der Waals surface area contributed by atoms with E-state index in [0.29, 0.717) is 25.9 Å². The van der Waals surface area contributed by atoms with Crippen molar-refractivity contribution >= 4 is 26.9 Å². The van der Waals surface area contributed by atoms with Gasteiger partial charge in [-0.1, -0.05) is 24.3 Å². The first kappa shape index (κ1) is 15.5. The Hall–Kier alpha value is -0.910. The molecule has 1 aromatic rings. The standard InChI is InChI=1S/C14H18ClNO3S/c15-14(17)7-3-4-10-20(18,19)16-9-8-12-5-1-2-6-13(12)11-16/h1-2,5-6H,3-4,7-11H2. The zero-order valence-electron chi connectivity index (χ0n) is 11.2. The van der Waals surface area contributed by atoms with E-state index >= 15 is 0 Å². The Balaban J connectivity index is 1.93. The number of carbonyl (C=O) groups is 1. The Bertz CT molecular complexity index is 586. The zero-order chi connectivity index (χ0) is 14.6. The highest BCUT2D eigenvalue weighted by atomic mass is 35.5. The van der Waals surface area contributed by atoms with Crippen LogP contribution in [0.1, 0.15) is 30.4 Å². The van der Waals surface area contributed by atoms with E-state index in [1.165, 1.54) is 9.87 Å². The fourth-order valence-corrected chi connectivity index (χ4v) is 4.05. The highest BCUT2D eigenvalue weighted by Gasteiger charge is 2.25. The van der Waals surface area contributed by atoms with E-state index < -0.39 is 15.3 Å². The van der Waals surface area contributed by atoms with Gasteiger partial charge in [-0.25, -0.2) is 8.42 Å². The van der Waals surface area contributed by atoms with Gasteiger partial charge >= 0.3 is 0 Å². The molecule has 1 heterocycles. The third kappa shape index (κ3) is 4.04. The largest absolute Gasteiger partial charge is 0.281 e. The van der Waals surface area contributed by atoms with E-state index in [9.17, 15) is 13.2 Å². The number of carbonyl (C=O) groups excluding carboxylic acids is 1. The molecule has 0 saturated heterocycles. The maximum atomic E-state index is 12.2. The Morgan fingerprint density at radius 1 is 1.20 bits per heavy atom. The summed E-state index contributed by atoms with van der Waals surface area (Å²) in [4.78, 5) is 10.6. The highest BCUT2D eigenvalue weighted by molar-refractivity contribution is 7.89. The monoisotopic (exact) mass is 315 g/mol. The molecule has 0 aromatic heterocycles. The van der Waals surface area contributed by atoms with Crippen LogP contribution in [0.3, 0.4) is 0 Å². The molecule has 0 spiro atoms. The van der Waals surface area contributed by atoms with Gasteiger partial charge in [-0.3, -0.25) is 4.79 Å². The fraction of sp³-hybridized carbons (Fsp3) is 0.500. The average molecular weight is 316 g/mol. The third-order valence-corrected chi connectivity index (χ3v) is 5.61. The second-order valence-electron chi connectivity index (χ2n) is 4.98. The fourth-order valence-electron chi connectivity index (χ4n) is 2.38. The smallest absolute Gasteiger partial charge is 0.221 e. The lowest BCUT2D eigenvalue weighted by Crippen LogP contribution is -2.37. The minimum atomic E-state index is -3.25. The van der Waals surface area contributed by atoms with Crippen molar-refractivity contribution < 1.29 is 13.2 Å². The number of halogens is 1. The van der Waals surface area contributed by atoms with Crippen LogP contribution in [0.25, 0.3) is 0 Å². The molecule has 110 valence electrons. The molecule has 1 aromatic carbocycles. The van der Waals surface area contributed by atoms with E-state index in [4.69, 9.17) is 11.6 Å². The zero-order valence-corrected chi connectivity index (χ0v) is 12.8. The molecule has 0 saturated carbocycles. The van der Waals surface area contributed by atoms with Gasteiger partial charge in [0.1, 0.15) is 0 Å². The maximum absolute atomic E-state index is 12.2. The first-order valence-electron chi connectivity index (χ1n) is 6.72. The van der Waals surface area contributed by atoms with Crippen LogP contribution in [0.5, 0.6) is 0 Å². The van der Waals surface area contributed by atoms with E-state index in [0.717, 1.165) is 12.0 Å². The van der Waals surface area contributed by atoms with Crippen molar-refractivity contribution in [3.63, 3.8) is 0 Å². The molecule has 0 unspecified atom stereocenters.